The highest BCUT2D eigenvalue weighted by molar-refractivity contribution is 5.93. The van der Waals surface area contributed by atoms with Crippen molar-refractivity contribution in [3.8, 4) is 0 Å². The summed E-state index contributed by atoms with van der Waals surface area (Å²) in [6.07, 6.45) is 4.04. The molecule has 0 fully saturated rings. The Bertz CT molecular complexity index is 426. The second-order valence-corrected chi connectivity index (χ2v) is 3.90. The lowest BCUT2D eigenvalue weighted by molar-refractivity contribution is 0.0952. The minimum atomic E-state index is -0.230. The third-order valence-electron chi connectivity index (χ3n) is 2.49. The summed E-state index contributed by atoms with van der Waals surface area (Å²) in [4.78, 5) is 22.9. The Labute approximate surface area is 100 Å². The van der Waals surface area contributed by atoms with Gasteiger partial charge in [0.1, 0.15) is 0 Å². The van der Waals surface area contributed by atoms with Crippen LogP contribution in [0.2, 0.25) is 0 Å². The topological polar surface area (TPSA) is 71.3 Å². The number of unbranched alkanes of at least 4 members (excludes halogenated alkanes) is 2. The van der Waals surface area contributed by atoms with Gasteiger partial charge in [0.25, 0.3) is 11.5 Å². The van der Waals surface area contributed by atoms with E-state index < -0.39 is 0 Å². The molecule has 0 spiro atoms. The number of rotatable bonds is 6. The van der Waals surface area contributed by atoms with Crippen molar-refractivity contribution in [2.75, 3.05) is 13.2 Å². The highest BCUT2D eigenvalue weighted by Crippen LogP contribution is 1.96. The zero-order valence-corrected chi connectivity index (χ0v) is 9.98. The molecule has 0 bridgehead atoms. The van der Waals surface area contributed by atoms with E-state index in [4.69, 9.17) is 5.11 Å². The Balaban J connectivity index is 2.42. The van der Waals surface area contributed by atoms with Crippen LogP contribution in [0.15, 0.2) is 23.1 Å². The van der Waals surface area contributed by atoms with E-state index in [0.717, 1.165) is 19.3 Å². The molecule has 2 N–H and O–H groups in total. The van der Waals surface area contributed by atoms with Crippen molar-refractivity contribution < 1.29 is 9.90 Å². The molecule has 0 aliphatic heterocycles. The van der Waals surface area contributed by atoms with Gasteiger partial charge in [-0.3, -0.25) is 9.59 Å². The van der Waals surface area contributed by atoms with E-state index in [0.29, 0.717) is 12.1 Å². The van der Waals surface area contributed by atoms with Crippen LogP contribution in [0.1, 0.15) is 29.6 Å². The number of aliphatic hydroxyl groups is 1. The van der Waals surface area contributed by atoms with Crippen LogP contribution in [0.5, 0.6) is 0 Å². The quantitative estimate of drug-likeness (QED) is 0.699. The molecule has 1 amide bonds. The van der Waals surface area contributed by atoms with E-state index in [9.17, 15) is 9.59 Å². The van der Waals surface area contributed by atoms with Gasteiger partial charge in [0.2, 0.25) is 0 Å². The van der Waals surface area contributed by atoms with Crippen LogP contribution in [-0.4, -0.2) is 28.7 Å². The first kappa shape index (κ1) is 13.4. The van der Waals surface area contributed by atoms with Gasteiger partial charge in [-0.25, -0.2) is 0 Å². The maximum Gasteiger partial charge on any atom is 0.251 e. The first-order valence-electron chi connectivity index (χ1n) is 5.71. The molecule has 5 heteroatoms. The summed E-state index contributed by atoms with van der Waals surface area (Å²) >= 11 is 0. The molecule has 17 heavy (non-hydrogen) atoms. The Hall–Kier alpha value is -1.62. The number of hydrogen-bond acceptors (Lipinski definition) is 3. The van der Waals surface area contributed by atoms with Gasteiger partial charge in [0.15, 0.2) is 0 Å². The second-order valence-electron chi connectivity index (χ2n) is 3.90. The predicted octanol–water partition coefficient (Wildman–Crippen LogP) is 0.278. The molecule has 1 aromatic heterocycles. The van der Waals surface area contributed by atoms with E-state index in [1.165, 1.54) is 10.6 Å². The average Bonchev–Trinajstić information content (AvgIpc) is 2.32. The molecule has 0 atom stereocenters. The molecular formula is C12H18N2O3. The normalized spacial score (nSPS) is 10.2. The van der Waals surface area contributed by atoms with E-state index in [-0.39, 0.29) is 18.1 Å². The van der Waals surface area contributed by atoms with Crippen molar-refractivity contribution in [3.05, 3.63) is 34.2 Å². The van der Waals surface area contributed by atoms with Crippen LogP contribution in [0.3, 0.4) is 0 Å². The summed E-state index contributed by atoms with van der Waals surface area (Å²) in [5.41, 5.74) is 0.188. The number of aromatic nitrogens is 1. The first-order chi connectivity index (χ1) is 8.15. The van der Waals surface area contributed by atoms with E-state index in [2.05, 4.69) is 5.32 Å². The lowest BCUT2D eigenvalue weighted by Gasteiger charge is -2.05. The molecule has 1 heterocycles. The lowest BCUT2D eigenvalue weighted by atomic mass is 10.2. The summed E-state index contributed by atoms with van der Waals surface area (Å²) in [5.74, 6) is -0.230. The lowest BCUT2D eigenvalue weighted by Crippen LogP contribution is -2.26. The maximum absolute atomic E-state index is 11.6. The smallest absolute Gasteiger partial charge is 0.251 e. The largest absolute Gasteiger partial charge is 0.396 e. The number of nitrogens with zero attached hydrogens (tertiary/aromatic N) is 1. The standard InChI is InChI=1S/C12H18N2O3/c1-14-7-5-10(9-11(14)16)12(17)13-6-3-2-4-8-15/h5,7,9,15H,2-4,6,8H2,1H3,(H,13,17). The summed E-state index contributed by atoms with van der Waals surface area (Å²) in [5, 5.41) is 11.3. The highest BCUT2D eigenvalue weighted by Gasteiger charge is 2.05. The van der Waals surface area contributed by atoms with Crippen LogP contribution >= 0.6 is 0 Å². The summed E-state index contributed by atoms with van der Waals surface area (Å²) in [6.45, 7) is 0.747. The SMILES string of the molecule is Cn1ccc(C(=O)NCCCCCO)cc1=O. The fourth-order valence-corrected chi connectivity index (χ4v) is 1.41. The molecule has 0 saturated carbocycles. The van der Waals surface area contributed by atoms with Gasteiger partial charge >= 0.3 is 0 Å². The molecule has 1 aromatic rings. The van der Waals surface area contributed by atoms with Crippen molar-refractivity contribution in [1.29, 1.82) is 0 Å². The van der Waals surface area contributed by atoms with Crippen molar-refractivity contribution >= 4 is 5.91 Å². The maximum atomic E-state index is 11.6. The van der Waals surface area contributed by atoms with Gasteiger partial charge in [0.05, 0.1) is 0 Å². The minimum absolute atomic E-state index is 0.183. The van der Waals surface area contributed by atoms with Crippen molar-refractivity contribution in [1.82, 2.24) is 9.88 Å². The molecule has 5 nitrogen and oxygen atoms in total. The molecule has 0 aliphatic carbocycles. The Kier molecular flexibility index (Phi) is 5.42. The zero-order valence-electron chi connectivity index (χ0n) is 9.98. The number of hydrogen-bond donors (Lipinski definition) is 2. The Morgan fingerprint density at radius 2 is 2.18 bits per heavy atom. The molecule has 94 valence electrons. The molecule has 0 unspecified atom stereocenters. The molecule has 1 rings (SSSR count). The van der Waals surface area contributed by atoms with E-state index in [1.54, 1.807) is 19.3 Å². The molecular weight excluding hydrogens is 220 g/mol. The van der Waals surface area contributed by atoms with Crippen molar-refractivity contribution in [3.63, 3.8) is 0 Å². The summed E-state index contributed by atoms with van der Waals surface area (Å²) < 4.78 is 1.41. The van der Waals surface area contributed by atoms with Gasteiger partial charge in [-0.15, -0.1) is 0 Å². The van der Waals surface area contributed by atoms with Crippen LogP contribution in [0, 0.1) is 0 Å². The first-order valence-corrected chi connectivity index (χ1v) is 5.71. The number of pyridine rings is 1. The number of amides is 1. The van der Waals surface area contributed by atoms with Gasteiger partial charge in [-0.2, -0.15) is 0 Å². The van der Waals surface area contributed by atoms with Crippen LogP contribution in [0.25, 0.3) is 0 Å². The van der Waals surface area contributed by atoms with Crippen molar-refractivity contribution in [2.45, 2.75) is 19.3 Å². The summed E-state index contributed by atoms with van der Waals surface area (Å²) in [7, 11) is 1.64. The minimum Gasteiger partial charge on any atom is -0.396 e. The molecule has 0 aromatic carbocycles. The third kappa shape index (κ3) is 4.40. The Morgan fingerprint density at radius 3 is 2.82 bits per heavy atom. The fraction of sp³-hybridized carbons (Fsp3) is 0.500. The van der Waals surface area contributed by atoms with Gasteiger partial charge in [-0.05, 0) is 25.3 Å². The van der Waals surface area contributed by atoms with E-state index >= 15 is 0 Å². The number of aliphatic hydroxyl groups excluding tert-OH is 1. The van der Waals surface area contributed by atoms with Gasteiger partial charge in [-0.1, -0.05) is 0 Å². The summed E-state index contributed by atoms with van der Waals surface area (Å²) in [6, 6.07) is 2.94. The van der Waals surface area contributed by atoms with Gasteiger partial charge < -0.3 is 15.0 Å². The predicted molar refractivity (Wildman–Crippen MR) is 65.0 cm³/mol. The Morgan fingerprint density at radius 1 is 1.41 bits per heavy atom. The monoisotopic (exact) mass is 238 g/mol. The number of carbonyl (C=O) groups excluding carboxylic acids is 1. The van der Waals surface area contributed by atoms with Gasteiger partial charge in [0, 0.05) is 38.0 Å². The average molecular weight is 238 g/mol. The molecule has 0 radical (unpaired) electrons. The van der Waals surface area contributed by atoms with E-state index in [1.807, 2.05) is 0 Å². The van der Waals surface area contributed by atoms with Crippen LogP contribution < -0.4 is 10.9 Å². The highest BCUT2D eigenvalue weighted by atomic mass is 16.2. The third-order valence-corrected chi connectivity index (χ3v) is 2.49. The second kappa shape index (κ2) is 6.85. The zero-order chi connectivity index (χ0) is 12.7. The van der Waals surface area contributed by atoms with Crippen molar-refractivity contribution in [2.24, 2.45) is 7.05 Å². The molecule has 0 saturated heterocycles. The number of carbonyl (C=O) groups is 1. The van der Waals surface area contributed by atoms with Crippen LogP contribution in [-0.2, 0) is 7.05 Å². The molecule has 0 aliphatic rings. The fourth-order valence-electron chi connectivity index (χ4n) is 1.41. The number of aryl methyl sites for hydroxylation is 1. The van der Waals surface area contributed by atoms with Crippen LogP contribution in [0.4, 0.5) is 0 Å². The number of nitrogens with one attached hydrogen (secondary N) is 1.